The molecular formula is C16H23FN2O. The molecule has 1 fully saturated rings. The van der Waals surface area contributed by atoms with E-state index in [2.05, 4.69) is 4.90 Å². The Balaban J connectivity index is 1.90. The van der Waals surface area contributed by atoms with E-state index in [1.807, 2.05) is 13.8 Å². The number of carbonyl (C=O) groups is 1. The van der Waals surface area contributed by atoms with Crippen LogP contribution in [0.5, 0.6) is 0 Å². The van der Waals surface area contributed by atoms with Crippen molar-refractivity contribution in [2.45, 2.75) is 32.2 Å². The molecule has 1 aromatic rings. The number of Topliss-reactive ketones (excluding diaryl/α,β-unsaturated/α-hetero) is 1. The molecule has 110 valence electrons. The van der Waals surface area contributed by atoms with Crippen LogP contribution >= 0.6 is 0 Å². The van der Waals surface area contributed by atoms with Gasteiger partial charge < -0.3 is 10.6 Å². The van der Waals surface area contributed by atoms with E-state index < -0.39 is 0 Å². The van der Waals surface area contributed by atoms with Gasteiger partial charge in [0.25, 0.3) is 0 Å². The van der Waals surface area contributed by atoms with Gasteiger partial charge in [-0.15, -0.1) is 0 Å². The minimum atomic E-state index is -0.304. The summed E-state index contributed by atoms with van der Waals surface area (Å²) in [6.45, 7) is 6.69. The second-order valence-electron chi connectivity index (χ2n) is 6.41. The van der Waals surface area contributed by atoms with Crippen LogP contribution in [0.15, 0.2) is 24.3 Å². The summed E-state index contributed by atoms with van der Waals surface area (Å²) < 4.78 is 12.9. The molecule has 1 aliphatic rings. The lowest BCUT2D eigenvalue weighted by Gasteiger charge is -2.35. The van der Waals surface area contributed by atoms with Crippen molar-refractivity contribution >= 4 is 5.78 Å². The molecule has 0 saturated carbocycles. The monoisotopic (exact) mass is 278 g/mol. The quantitative estimate of drug-likeness (QED) is 0.861. The van der Waals surface area contributed by atoms with Crippen molar-refractivity contribution in [1.82, 2.24) is 4.90 Å². The maximum Gasteiger partial charge on any atom is 0.166 e. The molecule has 1 aliphatic heterocycles. The highest BCUT2D eigenvalue weighted by atomic mass is 19.1. The van der Waals surface area contributed by atoms with Crippen molar-refractivity contribution in [3.8, 4) is 0 Å². The van der Waals surface area contributed by atoms with Gasteiger partial charge in [0.05, 0.1) is 0 Å². The van der Waals surface area contributed by atoms with E-state index in [0.29, 0.717) is 5.56 Å². The van der Waals surface area contributed by atoms with Gasteiger partial charge in [0.15, 0.2) is 5.78 Å². The number of nitrogens with two attached hydrogens (primary N) is 1. The average Bonchev–Trinajstić information content (AvgIpc) is 2.38. The number of ketones is 1. The van der Waals surface area contributed by atoms with Crippen molar-refractivity contribution in [2.24, 2.45) is 11.7 Å². The highest BCUT2D eigenvalue weighted by molar-refractivity contribution is 5.97. The van der Waals surface area contributed by atoms with Crippen LogP contribution in [0.1, 0.15) is 37.0 Å². The van der Waals surface area contributed by atoms with Crippen LogP contribution in [0.4, 0.5) is 4.39 Å². The summed E-state index contributed by atoms with van der Waals surface area (Å²) in [6, 6.07) is 5.85. The summed E-state index contributed by atoms with van der Waals surface area (Å²) in [5.74, 6) is -0.115. The van der Waals surface area contributed by atoms with Crippen LogP contribution in [0.25, 0.3) is 0 Å². The molecule has 0 bridgehead atoms. The Morgan fingerprint density at radius 1 is 1.30 bits per heavy atom. The number of hydrogen-bond donors (Lipinski definition) is 1. The first-order chi connectivity index (χ1) is 9.35. The average molecular weight is 278 g/mol. The normalized spacial score (nSPS) is 18.2. The Labute approximate surface area is 120 Å². The van der Waals surface area contributed by atoms with Crippen molar-refractivity contribution in [3.63, 3.8) is 0 Å². The molecule has 0 radical (unpaired) electrons. The fraction of sp³-hybridized carbons (Fsp3) is 0.562. The molecule has 0 aromatic heterocycles. The maximum absolute atomic E-state index is 12.9. The largest absolute Gasteiger partial charge is 0.324 e. The van der Waals surface area contributed by atoms with Crippen molar-refractivity contribution < 1.29 is 9.18 Å². The van der Waals surface area contributed by atoms with Crippen LogP contribution in [0, 0.1) is 11.7 Å². The van der Waals surface area contributed by atoms with Gasteiger partial charge >= 0.3 is 0 Å². The predicted octanol–water partition coefficient (Wildman–Crippen LogP) is 2.46. The molecule has 4 heteroatoms. The second kappa shape index (κ2) is 6.02. The zero-order chi connectivity index (χ0) is 14.8. The van der Waals surface area contributed by atoms with E-state index in [1.54, 1.807) is 12.1 Å². The molecule has 0 unspecified atom stereocenters. The Morgan fingerprint density at radius 2 is 1.85 bits per heavy atom. The molecule has 0 amide bonds. The van der Waals surface area contributed by atoms with E-state index in [0.717, 1.165) is 32.5 Å². The SMILES string of the molecule is CC(C)(N)CN1CCC(C(=O)c2ccc(F)cc2)CC1. The van der Waals surface area contributed by atoms with Crippen molar-refractivity contribution in [1.29, 1.82) is 0 Å². The van der Waals surface area contributed by atoms with Gasteiger partial charge in [-0.3, -0.25) is 4.79 Å². The van der Waals surface area contributed by atoms with E-state index in [1.165, 1.54) is 12.1 Å². The third-order valence-corrected chi connectivity index (χ3v) is 3.72. The highest BCUT2D eigenvalue weighted by Gasteiger charge is 2.27. The van der Waals surface area contributed by atoms with Gasteiger partial charge in [-0.25, -0.2) is 4.39 Å². The first kappa shape index (κ1) is 15.1. The predicted molar refractivity (Wildman–Crippen MR) is 78.2 cm³/mol. The molecular weight excluding hydrogens is 255 g/mol. The summed E-state index contributed by atoms with van der Waals surface area (Å²) in [4.78, 5) is 14.7. The van der Waals surface area contributed by atoms with Crippen LogP contribution in [0.2, 0.25) is 0 Å². The van der Waals surface area contributed by atoms with Crippen LogP contribution in [0.3, 0.4) is 0 Å². The minimum Gasteiger partial charge on any atom is -0.324 e. The number of benzene rings is 1. The number of halogens is 1. The van der Waals surface area contributed by atoms with E-state index in [-0.39, 0.29) is 23.1 Å². The number of rotatable bonds is 4. The highest BCUT2D eigenvalue weighted by Crippen LogP contribution is 2.22. The van der Waals surface area contributed by atoms with Gasteiger partial charge in [-0.2, -0.15) is 0 Å². The smallest absolute Gasteiger partial charge is 0.166 e. The topological polar surface area (TPSA) is 46.3 Å². The van der Waals surface area contributed by atoms with E-state index >= 15 is 0 Å². The molecule has 20 heavy (non-hydrogen) atoms. The Kier molecular flexibility index (Phi) is 4.55. The summed E-state index contributed by atoms with van der Waals surface area (Å²) in [6.07, 6.45) is 1.71. The Morgan fingerprint density at radius 3 is 2.35 bits per heavy atom. The summed E-state index contributed by atoms with van der Waals surface area (Å²) in [5, 5.41) is 0. The standard InChI is InChI=1S/C16H23FN2O/c1-16(2,18)11-19-9-7-13(8-10-19)15(20)12-3-5-14(17)6-4-12/h3-6,13H,7-11,18H2,1-2H3. The van der Waals surface area contributed by atoms with Gasteiger partial charge in [0, 0.05) is 23.6 Å². The van der Waals surface area contributed by atoms with Crippen LogP contribution < -0.4 is 5.73 Å². The van der Waals surface area contributed by atoms with Crippen LogP contribution in [-0.2, 0) is 0 Å². The summed E-state index contributed by atoms with van der Waals surface area (Å²) in [5.41, 5.74) is 6.44. The first-order valence-electron chi connectivity index (χ1n) is 7.16. The third-order valence-electron chi connectivity index (χ3n) is 3.72. The molecule has 0 aliphatic carbocycles. The molecule has 0 atom stereocenters. The minimum absolute atomic E-state index is 0.0533. The van der Waals surface area contributed by atoms with Gasteiger partial charge in [0.2, 0.25) is 0 Å². The lowest BCUT2D eigenvalue weighted by molar-refractivity contribution is 0.0825. The molecule has 0 spiro atoms. The maximum atomic E-state index is 12.9. The summed E-state index contributed by atoms with van der Waals surface area (Å²) >= 11 is 0. The zero-order valence-electron chi connectivity index (χ0n) is 12.2. The van der Waals surface area contributed by atoms with E-state index in [9.17, 15) is 9.18 Å². The van der Waals surface area contributed by atoms with Crippen molar-refractivity contribution in [2.75, 3.05) is 19.6 Å². The molecule has 3 nitrogen and oxygen atoms in total. The lowest BCUT2D eigenvalue weighted by Crippen LogP contribution is -2.48. The third kappa shape index (κ3) is 4.12. The zero-order valence-corrected chi connectivity index (χ0v) is 12.2. The van der Waals surface area contributed by atoms with Crippen LogP contribution in [-0.4, -0.2) is 35.9 Å². The number of carbonyl (C=O) groups excluding carboxylic acids is 1. The first-order valence-corrected chi connectivity index (χ1v) is 7.16. The summed E-state index contributed by atoms with van der Waals surface area (Å²) in [7, 11) is 0. The Hall–Kier alpha value is -1.26. The van der Waals surface area contributed by atoms with Gasteiger partial charge in [-0.1, -0.05) is 0 Å². The lowest BCUT2D eigenvalue weighted by atomic mass is 9.88. The number of hydrogen-bond acceptors (Lipinski definition) is 3. The second-order valence-corrected chi connectivity index (χ2v) is 6.41. The fourth-order valence-electron chi connectivity index (χ4n) is 2.78. The van der Waals surface area contributed by atoms with E-state index in [4.69, 9.17) is 5.73 Å². The number of nitrogens with zero attached hydrogens (tertiary/aromatic N) is 1. The number of piperidine rings is 1. The molecule has 2 N–H and O–H groups in total. The number of likely N-dealkylation sites (tertiary alicyclic amines) is 1. The molecule has 1 heterocycles. The van der Waals surface area contributed by atoms with Crippen molar-refractivity contribution in [3.05, 3.63) is 35.6 Å². The Bertz CT molecular complexity index is 456. The fourth-order valence-corrected chi connectivity index (χ4v) is 2.78. The molecule has 1 saturated heterocycles. The molecule has 2 rings (SSSR count). The van der Waals surface area contributed by atoms with Gasteiger partial charge in [0.1, 0.15) is 5.82 Å². The molecule has 1 aromatic carbocycles. The van der Waals surface area contributed by atoms with Gasteiger partial charge in [-0.05, 0) is 64.0 Å².